The Bertz CT molecular complexity index is 577. The molecule has 0 atom stereocenters. The second-order valence-corrected chi connectivity index (χ2v) is 4.77. The first-order valence-electron chi connectivity index (χ1n) is 7.07. The zero-order chi connectivity index (χ0) is 16.4. The second-order valence-electron chi connectivity index (χ2n) is 4.77. The van der Waals surface area contributed by atoms with Crippen LogP contribution >= 0.6 is 0 Å². The summed E-state index contributed by atoms with van der Waals surface area (Å²) in [5.74, 6) is -0.0849. The summed E-state index contributed by atoms with van der Waals surface area (Å²) in [7, 11) is 3.26. The van der Waals surface area contributed by atoms with Crippen LogP contribution in [0.4, 0.5) is 0 Å². The lowest BCUT2D eigenvalue weighted by Gasteiger charge is -2.07. The number of rotatable bonds is 8. The fourth-order valence-corrected chi connectivity index (χ4v) is 1.88. The smallest absolute Gasteiger partial charge is 0.224 e. The van der Waals surface area contributed by atoms with Crippen LogP contribution in [0.5, 0.6) is 0 Å². The zero-order valence-corrected chi connectivity index (χ0v) is 13.3. The van der Waals surface area contributed by atoms with E-state index in [1.165, 1.54) is 13.0 Å². The van der Waals surface area contributed by atoms with E-state index in [0.29, 0.717) is 25.3 Å². The molecule has 1 N–H and O–H groups in total. The van der Waals surface area contributed by atoms with Crippen LogP contribution in [-0.2, 0) is 20.7 Å². The maximum Gasteiger partial charge on any atom is 0.224 e. The number of amides is 1. The molecule has 0 bridgehead atoms. The van der Waals surface area contributed by atoms with Gasteiger partial charge in [0.2, 0.25) is 5.91 Å². The molecule has 0 radical (unpaired) electrons. The van der Waals surface area contributed by atoms with Gasteiger partial charge in [0.05, 0.1) is 18.7 Å². The van der Waals surface area contributed by atoms with Crippen molar-refractivity contribution in [3.05, 3.63) is 47.5 Å². The third-order valence-electron chi connectivity index (χ3n) is 2.93. The van der Waals surface area contributed by atoms with E-state index in [1.807, 2.05) is 24.3 Å². The minimum absolute atomic E-state index is 0.0326. The normalized spacial score (nSPS) is 11.7. The van der Waals surface area contributed by atoms with Gasteiger partial charge in [-0.1, -0.05) is 18.2 Å². The van der Waals surface area contributed by atoms with E-state index in [0.717, 1.165) is 11.1 Å². The lowest BCUT2D eigenvalue weighted by Crippen LogP contribution is -2.28. The summed E-state index contributed by atoms with van der Waals surface area (Å²) >= 11 is 0. The summed E-state index contributed by atoms with van der Waals surface area (Å²) in [4.78, 5) is 27.0. The summed E-state index contributed by atoms with van der Waals surface area (Å²) < 4.78 is 4.89. The highest BCUT2D eigenvalue weighted by Gasteiger charge is 2.05. The molecular weight excluding hydrogens is 280 g/mol. The molecule has 0 heterocycles. The molecule has 0 aromatic heterocycles. The first-order valence-corrected chi connectivity index (χ1v) is 7.07. The standard InChI is InChI=1S/C17H22N2O3/c1-13(20)7-8-16(18-2)15-6-4-5-14(11-15)12-17(21)19-9-10-22-3/h4-8,11H,9-10,12H2,1-3H3,(H,19,21)/b8-7-,18-16?. The molecule has 0 saturated heterocycles. The minimum Gasteiger partial charge on any atom is -0.383 e. The van der Waals surface area contributed by atoms with Crippen molar-refractivity contribution in [1.82, 2.24) is 5.32 Å². The van der Waals surface area contributed by atoms with Gasteiger partial charge in [-0.05, 0) is 36.3 Å². The Hall–Kier alpha value is -2.27. The van der Waals surface area contributed by atoms with Gasteiger partial charge >= 0.3 is 0 Å². The Morgan fingerprint density at radius 3 is 2.73 bits per heavy atom. The van der Waals surface area contributed by atoms with Crippen molar-refractivity contribution in [3.63, 3.8) is 0 Å². The number of nitrogens with zero attached hydrogens (tertiary/aromatic N) is 1. The Morgan fingerprint density at radius 1 is 1.32 bits per heavy atom. The first-order chi connectivity index (χ1) is 10.6. The number of carbonyl (C=O) groups is 2. The number of carbonyl (C=O) groups excluding carboxylic acids is 2. The molecule has 0 unspecified atom stereocenters. The lowest BCUT2D eigenvalue weighted by atomic mass is 10.0. The van der Waals surface area contributed by atoms with Gasteiger partial charge in [0, 0.05) is 20.7 Å². The largest absolute Gasteiger partial charge is 0.383 e. The molecule has 1 amide bonds. The van der Waals surface area contributed by atoms with Crippen molar-refractivity contribution in [3.8, 4) is 0 Å². The van der Waals surface area contributed by atoms with Crippen LogP contribution in [-0.4, -0.2) is 44.7 Å². The number of methoxy groups -OCH3 is 1. The van der Waals surface area contributed by atoms with E-state index < -0.39 is 0 Å². The number of nitrogens with one attached hydrogen (secondary N) is 1. The van der Waals surface area contributed by atoms with Crippen LogP contribution in [0, 0.1) is 0 Å². The third-order valence-corrected chi connectivity index (χ3v) is 2.93. The Morgan fingerprint density at radius 2 is 2.09 bits per heavy atom. The van der Waals surface area contributed by atoms with Gasteiger partial charge < -0.3 is 10.1 Å². The molecular formula is C17H22N2O3. The molecule has 0 saturated carbocycles. The molecule has 0 fully saturated rings. The minimum atomic E-state index is -0.0523. The summed E-state index contributed by atoms with van der Waals surface area (Å²) in [6.45, 7) is 2.48. The van der Waals surface area contributed by atoms with E-state index in [4.69, 9.17) is 4.74 Å². The second kappa shape index (κ2) is 9.63. The highest BCUT2D eigenvalue weighted by molar-refractivity contribution is 6.11. The van der Waals surface area contributed by atoms with Gasteiger partial charge in [0.1, 0.15) is 0 Å². The van der Waals surface area contributed by atoms with Crippen LogP contribution in [0.25, 0.3) is 0 Å². The van der Waals surface area contributed by atoms with Gasteiger partial charge in [-0.25, -0.2) is 0 Å². The van der Waals surface area contributed by atoms with Crippen molar-refractivity contribution in [2.45, 2.75) is 13.3 Å². The van der Waals surface area contributed by atoms with E-state index in [-0.39, 0.29) is 11.7 Å². The van der Waals surface area contributed by atoms with Gasteiger partial charge in [-0.15, -0.1) is 0 Å². The monoisotopic (exact) mass is 302 g/mol. The Labute approximate surface area is 131 Å². The number of aliphatic imine (C=N–C) groups is 1. The van der Waals surface area contributed by atoms with E-state index in [1.54, 1.807) is 20.2 Å². The zero-order valence-electron chi connectivity index (χ0n) is 13.3. The quantitative estimate of drug-likeness (QED) is 0.450. The molecule has 0 aliphatic heterocycles. The Kier molecular flexibility index (Phi) is 7.78. The van der Waals surface area contributed by atoms with Crippen molar-refractivity contribution in [2.75, 3.05) is 27.3 Å². The van der Waals surface area contributed by atoms with Crippen molar-refractivity contribution in [1.29, 1.82) is 0 Å². The number of ether oxygens (including phenoxy) is 1. The Balaban J connectivity index is 2.76. The van der Waals surface area contributed by atoms with E-state index >= 15 is 0 Å². The lowest BCUT2D eigenvalue weighted by molar-refractivity contribution is -0.120. The van der Waals surface area contributed by atoms with Crippen molar-refractivity contribution in [2.24, 2.45) is 4.99 Å². The highest BCUT2D eigenvalue weighted by Crippen LogP contribution is 2.08. The van der Waals surface area contributed by atoms with E-state index in [2.05, 4.69) is 10.3 Å². The molecule has 1 rings (SSSR count). The SMILES string of the molecule is CN=C(/C=C\C(C)=O)c1cccc(CC(=O)NCCOC)c1. The fraction of sp³-hybridized carbons (Fsp3) is 0.353. The van der Waals surface area contributed by atoms with Gasteiger partial charge in [-0.2, -0.15) is 0 Å². The van der Waals surface area contributed by atoms with Crippen LogP contribution in [0.15, 0.2) is 41.4 Å². The number of benzene rings is 1. The number of allylic oxidation sites excluding steroid dienone is 2. The van der Waals surface area contributed by atoms with E-state index in [9.17, 15) is 9.59 Å². The van der Waals surface area contributed by atoms with Crippen LogP contribution in [0.1, 0.15) is 18.1 Å². The fourth-order valence-electron chi connectivity index (χ4n) is 1.88. The topological polar surface area (TPSA) is 67.8 Å². The molecule has 5 heteroatoms. The molecule has 1 aromatic rings. The van der Waals surface area contributed by atoms with Gasteiger partial charge in [0.25, 0.3) is 0 Å². The first kappa shape index (κ1) is 17.8. The van der Waals surface area contributed by atoms with Crippen molar-refractivity contribution < 1.29 is 14.3 Å². The molecule has 5 nitrogen and oxygen atoms in total. The highest BCUT2D eigenvalue weighted by atomic mass is 16.5. The number of hydrogen-bond donors (Lipinski definition) is 1. The maximum atomic E-state index is 11.8. The van der Waals surface area contributed by atoms with Crippen LogP contribution < -0.4 is 5.32 Å². The van der Waals surface area contributed by atoms with Gasteiger partial charge in [-0.3, -0.25) is 14.6 Å². The average molecular weight is 302 g/mol. The molecule has 0 aliphatic rings. The van der Waals surface area contributed by atoms with Crippen LogP contribution in [0.3, 0.4) is 0 Å². The summed E-state index contributed by atoms with van der Waals surface area (Å²) in [5, 5.41) is 2.78. The predicted octanol–water partition coefficient (Wildman–Crippen LogP) is 1.56. The number of hydrogen-bond acceptors (Lipinski definition) is 4. The summed E-state index contributed by atoms with van der Waals surface area (Å²) in [6.07, 6.45) is 3.46. The third kappa shape index (κ3) is 6.45. The van der Waals surface area contributed by atoms with Crippen molar-refractivity contribution >= 4 is 17.4 Å². The molecule has 1 aromatic carbocycles. The molecule has 118 valence electrons. The maximum absolute atomic E-state index is 11.8. The van der Waals surface area contributed by atoms with Gasteiger partial charge in [0.15, 0.2) is 5.78 Å². The van der Waals surface area contributed by atoms with Crippen LogP contribution in [0.2, 0.25) is 0 Å². The summed E-state index contributed by atoms with van der Waals surface area (Å²) in [5.41, 5.74) is 2.48. The molecule has 22 heavy (non-hydrogen) atoms. The molecule has 0 aliphatic carbocycles. The molecule has 0 spiro atoms. The average Bonchev–Trinajstić information content (AvgIpc) is 2.48. The summed E-state index contributed by atoms with van der Waals surface area (Å²) in [6, 6.07) is 7.57. The number of ketones is 1. The predicted molar refractivity (Wildman–Crippen MR) is 87.3 cm³/mol.